The minimum absolute atomic E-state index is 0.0516. The number of aryl methyl sites for hydroxylation is 1. The highest BCUT2D eigenvalue weighted by molar-refractivity contribution is 8.01. The highest BCUT2D eigenvalue weighted by Gasteiger charge is 2.57. The second kappa shape index (κ2) is 9.98. The van der Waals surface area contributed by atoms with E-state index in [2.05, 4.69) is 10.6 Å². The van der Waals surface area contributed by atoms with Gasteiger partial charge in [-0.3, -0.25) is 9.59 Å². The number of hydrogen-bond donors (Lipinski definition) is 5. The number of nitrogens with one attached hydrogen (secondary N) is 2. The molecule has 1 saturated heterocycles. The number of rotatable bonds is 5. The molecule has 3 aromatic carbocycles. The summed E-state index contributed by atoms with van der Waals surface area (Å²) in [5.41, 5.74) is 22.2. The third-order valence-electron chi connectivity index (χ3n) is 8.14. The quantitative estimate of drug-likeness (QED) is 0.309. The molecule has 8 N–H and O–H groups in total. The molecule has 1 amide bonds. The van der Waals surface area contributed by atoms with Gasteiger partial charge in [-0.2, -0.15) is 0 Å². The number of thioether (sulfide) groups is 1. The predicted octanol–water partition coefficient (Wildman–Crippen LogP) is 2.91. The molecule has 0 saturated carbocycles. The molecule has 1 aliphatic carbocycles. The van der Waals surface area contributed by atoms with E-state index in [1.807, 2.05) is 61.5 Å². The second-order valence-electron chi connectivity index (χ2n) is 10.7. The van der Waals surface area contributed by atoms with E-state index in [9.17, 15) is 9.59 Å². The lowest BCUT2D eigenvalue weighted by molar-refractivity contribution is -0.126. The first-order chi connectivity index (χ1) is 18.8. The van der Waals surface area contributed by atoms with Gasteiger partial charge in [-0.25, -0.2) is 0 Å². The highest BCUT2D eigenvalue weighted by atomic mass is 32.2. The number of nitrogen functional groups attached to an aromatic ring is 1. The Morgan fingerprint density at radius 2 is 1.87 bits per heavy atom. The van der Waals surface area contributed by atoms with Crippen molar-refractivity contribution in [1.29, 1.82) is 0 Å². The van der Waals surface area contributed by atoms with Crippen molar-refractivity contribution in [3.63, 3.8) is 0 Å². The lowest BCUT2D eigenvalue weighted by Crippen LogP contribution is -2.61. The fourth-order valence-electron chi connectivity index (χ4n) is 6.22. The first kappa shape index (κ1) is 25.9. The topological polar surface area (TPSA) is 145 Å². The van der Waals surface area contributed by atoms with Gasteiger partial charge in [0.1, 0.15) is 17.0 Å². The average Bonchev–Trinajstić information content (AvgIpc) is 3.35. The molecule has 5 unspecified atom stereocenters. The first-order valence-electron chi connectivity index (χ1n) is 13.3. The monoisotopic (exact) mass is 543 g/mol. The Balaban J connectivity index is 1.37. The molecule has 2 heterocycles. The van der Waals surface area contributed by atoms with Crippen LogP contribution in [0.1, 0.15) is 41.0 Å². The van der Waals surface area contributed by atoms with Gasteiger partial charge in [0.25, 0.3) is 0 Å². The van der Waals surface area contributed by atoms with Gasteiger partial charge in [-0.15, -0.1) is 11.8 Å². The first-order valence-corrected chi connectivity index (χ1v) is 14.2. The predicted molar refractivity (Wildman–Crippen MR) is 153 cm³/mol. The summed E-state index contributed by atoms with van der Waals surface area (Å²) in [6, 6.07) is 17.7. The molecule has 3 aliphatic rings. The summed E-state index contributed by atoms with van der Waals surface area (Å²) >= 11 is 1.39. The molecule has 6 rings (SSSR count). The third-order valence-corrected chi connectivity index (χ3v) is 9.59. The van der Waals surface area contributed by atoms with Crippen molar-refractivity contribution in [2.75, 3.05) is 18.8 Å². The number of ketones is 1. The van der Waals surface area contributed by atoms with Crippen molar-refractivity contribution >= 4 is 29.1 Å². The van der Waals surface area contributed by atoms with Crippen LogP contribution >= 0.6 is 11.8 Å². The van der Waals surface area contributed by atoms with E-state index in [0.717, 1.165) is 42.0 Å². The van der Waals surface area contributed by atoms with E-state index in [1.165, 1.54) is 11.8 Å². The van der Waals surface area contributed by atoms with E-state index in [4.69, 9.17) is 21.9 Å². The van der Waals surface area contributed by atoms with Crippen LogP contribution in [0.25, 0.3) is 0 Å². The molecule has 2 aliphatic heterocycles. The Hall–Kier alpha value is -3.37. The van der Waals surface area contributed by atoms with Crippen LogP contribution in [0.15, 0.2) is 65.6 Å². The van der Waals surface area contributed by atoms with Crippen molar-refractivity contribution in [3.05, 3.63) is 82.9 Å². The maximum absolute atomic E-state index is 14.1. The van der Waals surface area contributed by atoms with Gasteiger partial charge in [0.05, 0.1) is 11.3 Å². The maximum Gasteiger partial charge on any atom is 0.234 e. The number of carbonyl (C=O) groups is 2. The van der Waals surface area contributed by atoms with Gasteiger partial charge in [-0.05, 0) is 78.9 Å². The van der Waals surface area contributed by atoms with Crippen LogP contribution in [0.4, 0.5) is 5.69 Å². The zero-order valence-corrected chi connectivity index (χ0v) is 22.6. The third kappa shape index (κ3) is 4.30. The Kier molecular flexibility index (Phi) is 6.63. The molecule has 202 valence electrons. The zero-order chi connectivity index (χ0) is 27.3. The summed E-state index contributed by atoms with van der Waals surface area (Å²) in [7, 11) is 0. The van der Waals surface area contributed by atoms with E-state index in [0.29, 0.717) is 28.3 Å². The molecule has 8 nitrogen and oxygen atoms in total. The van der Waals surface area contributed by atoms with Gasteiger partial charge in [0.15, 0.2) is 5.78 Å². The average molecular weight is 544 g/mol. The minimum atomic E-state index is -1.48. The van der Waals surface area contributed by atoms with Crippen LogP contribution in [0.5, 0.6) is 11.5 Å². The van der Waals surface area contributed by atoms with E-state index in [-0.39, 0.29) is 17.7 Å². The fourth-order valence-corrected chi connectivity index (χ4v) is 7.68. The molecule has 39 heavy (non-hydrogen) atoms. The smallest absolute Gasteiger partial charge is 0.234 e. The number of amides is 1. The van der Waals surface area contributed by atoms with Crippen molar-refractivity contribution < 1.29 is 14.3 Å². The SMILES string of the molecule is Cc1cc(Oc2ccccc2)ccc1C1(N)C(=O)C(N)C2c3c1ccc(N)c3SC2C(=O)NC1CCCNC1. The standard InChI is InChI=1S/C30H33N5O3S/c1-16-14-19(38-18-7-3-2-4-8-18)9-10-20(16)30(33)21-11-12-22(31)26-23(21)24(25(32)28(30)36)27(39-26)29(37)35-17-6-5-13-34-15-17/h2-4,7-12,14,17,24-25,27,34H,5-6,13,15,31-33H2,1H3,(H,35,37). The molecule has 0 aromatic heterocycles. The number of para-hydroxylation sites is 1. The van der Waals surface area contributed by atoms with E-state index < -0.39 is 22.7 Å². The molecule has 1 fully saturated rings. The molecule has 0 radical (unpaired) electrons. The summed E-state index contributed by atoms with van der Waals surface area (Å²) in [6.45, 7) is 3.59. The van der Waals surface area contributed by atoms with Crippen molar-refractivity contribution in [3.8, 4) is 11.5 Å². The number of ether oxygens (including phenoxy) is 1. The zero-order valence-electron chi connectivity index (χ0n) is 21.8. The Morgan fingerprint density at radius 3 is 2.59 bits per heavy atom. The van der Waals surface area contributed by atoms with Crippen LogP contribution in [0, 0.1) is 6.92 Å². The number of anilines is 1. The summed E-state index contributed by atoms with van der Waals surface area (Å²) in [4.78, 5) is 28.4. The number of benzene rings is 3. The summed E-state index contributed by atoms with van der Waals surface area (Å²) in [6.07, 6.45) is 1.92. The molecule has 3 aromatic rings. The Bertz CT molecular complexity index is 1440. The normalized spacial score (nSPS) is 27.6. The van der Waals surface area contributed by atoms with Crippen molar-refractivity contribution in [2.24, 2.45) is 11.5 Å². The van der Waals surface area contributed by atoms with E-state index in [1.54, 1.807) is 6.07 Å². The lowest BCUT2D eigenvalue weighted by atomic mass is 9.64. The molecule has 9 heteroatoms. The minimum Gasteiger partial charge on any atom is -0.457 e. The summed E-state index contributed by atoms with van der Waals surface area (Å²) in [5.74, 6) is 0.419. The van der Waals surface area contributed by atoms with Crippen LogP contribution < -0.4 is 32.6 Å². The number of piperidine rings is 1. The molecular formula is C30H33N5O3S. The van der Waals surface area contributed by atoms with Crippen LogP contribution in [-0.4, -0.2) is 42.1 Å². The number of Topliss-reactive ketones (excluding diaryl/α,β-unsaturated/α-hetero) is 1. The van der Waals surface area contributed by atoms with Gasteiger partial charge < -0.3 is 32.6 Å². The fraction of sp³-hybridized carbons (Fsp3) is 0.333. The van der Waals surface area contributed by atoms with Crippen molar-refractivity contribution in [1.82, 2.24) is 10.6 Å². The lowest BCUT2D eigenvalue weighted by Gasteiger charge is -2.42. The van der Waals surface area contributed by atoms with Gasteiger partial charge in [0.2, 0.25) is 5.91 Å². The van der Waals surface area contributed by atoms with Crippen molar-refractivity contribution in [2.45, 2.75) is 53.5 Å². The largest absolute Gasteiger partial charge is 0.457 e. The number of hydrogen-bond acceptors (Lipinski definition) is 8. The second-order valence-corrected chi connectivity index (χ2v) is 11.8. The van der Waals surface area contributed by atoms with Gasteiger partial charge in [-0.1, -0.05) is 30.3 Å². The maximum atomic E-state index is 14.1. The molecule has 0 spiro atoms. The highest BCUT2D eigenvalue weighted by Crippen LogP contribution is 2.56. The van der Waals surface area contributed by atoms with Gasteiger partial charge >= 0.3 is 0 Å². The van der Waals surface area contributed by atoms with Gasteiger partial charge in [0, 0.05) is 29.1 Å². The number of carbonyl (C=O) groups excluding carboxylic acids is 2. The molecule has 5 atom stereocenters. The Labute approximate surface area is 232 Å². The van der Waals surface area contributed by atoms with E-state index >= 15 is 0 Å². The summed E-state index contributed by atoms with van der Waals surface area (Å²) in [5, 5.41) is 5.94. The summed E-state index contributed by atoms with van der Waals surface area (Å²) < 4.78 is 6.00. The Morgan fingerprint density at radius 1 is 1.10 bits per heavy atom. The molecular weight excluding hydrogens is 510 g/mol. The number of nitrogens with two attached hydrogens (primary N) is 3. The van der Waals surface area contributed by atoms with Crippen LogP contribution in [-0.2, 0) is 15.1 Å². The molecule has 0 bridgehead atoms. The van der Waals surface area contributed by atoms with Crippen LogP contribution in [0.3, 0.4) is 0 Å². The van der Waals surface area contributed by atoms with Crippen LogP contribution in [0.2, 0.25) is 0 Å².